The van der Waals surface area contributed by atoms with E-state index in [9.17, 15) is 0 Å². The van der Waals surface area contributed by atoms with Gasteiger partial charge in [-0.15, -0.1) is 0 Å². The van der Waals surface area contributed by atoms with E-state index in [1.807, 2.05) is 141 Å². The van der Waals surface area contributed by atoms with Crippen LogP contribution in [0.4, 0.5) is 0 Å². The van der Waals surface area contributed by atoms with E-state index >= 15 is 0 Å². The molecule has 0 saturated heterocycles. The van der Waals surface area contributed by atoms with Gasteiger partial charge in [0.05, 0.1) is 27.8 Å². The second kappa shape index (κ2) is 18.9. The zero-order valence-corrected chi connectivity index (χ0v) is 24.8. The van der Waals surface area contributed by atoms with E-state index in [4.69, 9.17) is 0 Å². The molecule has 0 unspecified atom stereocenters. The summed E-state index contributed by atoms with van der Waals surface area (Å²) < 4.78 is 0. The van der Waals surface area contributed by atoms with E-state index in [1.165, 1.54) is 0 Å². The predicted molar refractivity (Wildman–Crippen MR) is 167 cm³/mol. The molecule has 0 bridgehead atoms. The smallest absolute Gasteiger partial charge is 0.125 e. The molecule has 6 rings (SSSR count). The maximum Gasteiger partial charge on any atom is 0.125 e. The number of benzene rings is 3. The molecule has 0 aliphatic carbocycles. The van der Waals surface area contributed by atoms with Crippen molar-refractivity contribution in [3.8, 4) is 0 Å². The number of fused-ring (bicyclic) bond motifs is 3. The molecule has 0 fully saturated rings. The summed E-state index contributed by atoms with van der Waals surface area (Å²) in [5.74, 6) is 0.823. The topological polar surface area (TPSA) is 77.3 Å². The minimum Gasteiger partial charge on any atom is -0.253 e. The van der Waals surface area contributed by atoms with Gasteiger partial charge in [-0.2, -0.15) is 0 Å². The first-order chi connectivity index (χ1) is 19.1. The Morgan fingerprint density at radius 1 is 0.462 bits per heavy atom. The first kappa shape index (κ1) is 32.7. The molecular formula is C33H42N6. The standard InChI is InChI=1S/3C9H8N2.3C2H6/c1-7-8-4-2-3-5-9(8)11-6-10-7;1-7-10-6-8-4-2-3-5-9(8)11-7;1-7-6-10-8-4-2-3-5-9(8)11-7;3*1-2/h3*2-6H,1H3;3*1-2H3. The van der Waals surface area contributed by atoms with Crippen LogP contribution in [0.15, 0.2) is 91.5 Å². The van der Waals surface area contributed by atoms with Gasteiger partial charge in [-0.05, 0) is 45.0 Å². The van der Waals surface area contributed by atoms with Gasteiger partial charge in [0.15, 0.2) is 0 Å². The number of aromatic nitrogens is 6. The van der Waals surface area contributed by atoms with Gasteiger partial charge in [-0.1, -0.05) is 90.1 Å². The van der Waals surface area contributed by atoms with Gasteiger partial charge in [0, 0.05) is 28.9 Å². The Balaban J connectivity index is 0.000000267. The van der Waals surface area contributed by atoms with Crippen LogP contribution in [0.3, 0.4) is 0 Å². The highest BCUT2D eigenvalue weighted by Gasteiger charge is 1.95. The molecule has 0 saturated carbocycles. The molecule has 3 aromatic carbocycles. The highest BCUT2D eigenvalue weighted by atomic mass is 14.9. The van der Waals surface area contributed by atoms with Crippen molar-refractivity contribution in [2.24, 2.45) is 0 Å². The SMILES string of the molecule is CC.CC.CC.Cc1cnc2ccccc2n1.Cc1ncc2ccccc2n1.Cc1ncnc2ccccc12. The summed E-state index contributed by atoms with van der Waals surface area (Å²) in [7, 11) is 0. The van der Waals surface area contributed by atoms with Crippen molar-refractivity contribution in [1.82, 2.24) is 29.9 Å². The molecule has 0 aliphatic rings. The summed E-state index contributed by atoms with van der Waals surface area (Å²) >= 11 is 0. The summed E-state index contributed by atoms with van der Waals surface area (Å²) in [5, 5.41) is 2.23. The van der Waals surface area contributed by atoms with Crippen LogP contribution in [0, 0.1) is 20.8 Å². The van der Waals surface area contributed by atoms with E-state index < -0.39 is 0 Å². The molecular weight excluding hydrogens is 480 g/mol. The minimum absolute atomic E-state index is 0.823. The highest BCUT2D eigenvalue weighted by Crippen LogP contribution is 2.12. The highest BCUT2D eigenvalue weighted by molar-refractivity contribution is 5.80. The molecule has 0 atom stereocenters. The third-order valence-corrected chi connectivity index (χ3v) is 4.92. The molecule has 6 aromatic rings. The molecule has 3 heterocycles. The van der Waals surface area contributed by atoms with Crippen LogP contribution in [0.5, 0.6) is 0 Å². The third kappa shape index (κ3) is 10.5. The maximum absolute atomic E-state index is 4.31. The maximum atomic E-state index is 4.31. The Morgan fingerprint density at radius 3 is 1.69 bits per heavy atom. The van der Waals surface area contributed by atoms with Crippen LogP contribution < -0.4 is 0 Å². The lowest BCUT2D eigenvalue weighted by molar-refractivity contribution is 1.09. The molecule has 204 valence electrons. The lowest BCUT2D eigenvalue weighted by Gasteiger charge is -1.96. The van der Waals surface area contributed by atoms with E-state index in [-0.39, 0.29) is 0 Å². The molecule has 0 radical (unpaired) electrons. The number of aryl methyl sites for hydroxylation is 3. The van der Waals surface area contributed by atoms with Gasteiger partial charge < -0.3 is 0 Å². The zero-order valence-electron chi connectivity index (χ0n) is 24.8. The fourth-order valence-corrected chi connectivity index (χ4v) is 3.25. The van der Waals surface area contributed by atoms with Crippen molar-refractivity contribution in [3.05, 3.63) is 109 Å². The van der Waals surface area contributed by atoms with Gasteiger partial charge in [-0.25, -0.2) is 24.9 Å². The average Bonchev–Trinajstić information content (AvgIpc) is 3.01. The first-order valence-corrected chi connectivity index (χ1v) is 13.6. The molecule has 0 N–H and O–H groups in total. The average molecular weight is 523 g/mol. The van der Waals surface area contributed by atoms with Crippen molar-refractivity contribution in [2.45, 2.75) is 62.3 Å². The number of hydrogen-bond donors (Lipinski definition) is 0. The third-order valence-electron chi connectivity index (χ3n) is 4.92. The lowest BCUT2D eigenvalue weighted by Crippen LogP contribution is -1.86. The van der Waals surface area contributed by atoms with Crippen molar-refractivity contribution in [2.75, 3.05) is 0 Å². The van der Waals surface area contributed by atoms with E-state index in [0.29, 0.717) is 0 Å². The Kier molecular flexibility index (Phi) is 15.8. The molecule has 0 aliphatic heterocycles. The summed E-state index contributed by atoms with van der Waals surface area (Å²) in [4.78, 5) is 25.1. The largest absolute Gasteiger partial charge is 0.253 e. The molecule has 0 amide bonds. The zero-order chi connectivity index (χ0) is 29.0. The fourth-order valence-electron chi connectivity index (χ4n) is 3.25. The van der Waals surface area contributed by atoms with Crippen molar-refractivity contribution in [1.29, 1.82) is 0 Å². The van der Waals surface area contributed by atoms with Gasteiger partial charge in [0.1, 0.15) is 12.2 Å². The van der Waals surface area contributed by atoms with Crippen LogP contribution in [0.25, 0.3) is 32.8 Å². The van der Waals surface area contributed by atoms with E-state index in [1.54, 1.807) is 12.5 Å². The Bertz CT molecular complexity index is 1420. The van der Waals surface area contributed by atoms with E-state index in [2.05, 4.69) is 29.9 Å². The Labute approximate surface area is 233 Å². The van der Waals surface area contributed by atoms with Crippen LogP contribution in [0.1, 0.15) is 58.8 Å². The second-order valence-electron chi connectivity index (χ2n) is 7.45. The quantitative estimate of drug-likeness (QED) is 0.198. The van der Waals surface area contributed by atoms with Crippen LogP contribution in [-0.4, -0.2) is 29.9 Å². The van der Waals surface area contributed by atoms with E-state index in [0.717, 1.165) is 50.1 Å². The Hall–Kier alpha value is -4.32. The number of nitrogens with zero attached hydrogens (tertiary/aromatic N) is 6. The van der Waals surface area contributed by atoms with Crippen molar-refractivity contribution < 1.29 is 0 Å². The monoisotopic (exact) mass is 522 g/mol. The molecule has 3 aromatic heterocycles. The molecule has 39 heavy (non-hydrogen) atoms. The van der Waals surface area contributed by atoms with Gasteiger partial charge in [0.2, 0.25) is 0 Å². The molecule has 0 spiro atoms. The number of hydrogen-bond acceptors (Lipinski definition) is 6. The van der Waals surface area contributed by atoms with Crippen molar-refractivity contribution in [3.63, 3.8) is 0 Å². The van der Waals surface area contributed by atoms with Gasteiger partial charge in [-0.3, -0.25) is 4.98 Å². The molecule has 6 heteroatoms. The van der Waals surface area contributed by atoms with Crippen LogP contribution >= 0.6 is 0 Å². The summed E-state index contributed by atoms with van der Waals surface area (Å²) in [6.45, 7) is 17.8. The van der Waals surface area contributed by atoms with Gasteiger partial charge >= 0.3 is 0 Å². The van der Waals surface area contributed by atoms with Crippen LogP contribution in [-0.2, 0) is 0 Å². The van der Waals surface area contributed by atoms with Crippen molar-refractivity contribution >= 4 is 32.8 Å². The first-order valence-electron chi connectivity index (χ1n) is 13.6. The lowest BCUT2D eigenvalue weighted by atomic mass is 10.2. The number of rotatable bonds is 0. The second-order valence-corrected chi connectivity index (χ2v) is 7.45. The summed E-state index contributed by atoms with van der Waals surface area (Å²) in [6, 6.07) is 23.8. The minimum atomic E-state index is 0.823. The summed E-state index contributed by atoms with van der Waals surface area (Å²) in [5.41, 5.74) is 5.95. The van der Waals surface area contributed by atoms with Gasteiger partial charge in [0.25, 0.3) is 0 Å². The van der Waals surface area contributed by atoms with Crippen LogP contribution in [0.2, 0.25) is 0 Å². The number of para-hydroxylation sites is 4. The molecule has 6 nitrogen and oxygen atoms in total. The summed E-state index contributed by atoms with van der Waals surface area (Å²) in [6.07, 6.45) is 5.22. The normalized spacial score (nSPS) is 9.15. The fraction of sp³-hybridized carbons (Fsp3) is 0.273. The Morgan fingerprint density at radius 2 is 1.03 bits per heavy atom. The predicted octanol–water partition coefficient (Wildman–Crippen LogP) is 8.89.